The van der Waals surface area contributed by atoms with E-state index in [9.17, 15) is 13.2 Å². The number of fused-ring (bicyclic) bond motifs is 2. The fourth-order valence-electron chi connectivity index (χ4n) is 9.30. The van der Waals surface area contributed by atoms with Crippen LogP contribution in [-0.4, -0.2) is 89.2 Å². The van der Waals surface area contributed by atoms with Gasteiger partial charge in [0.2, 0.25) is 10.0 Å². The number of nitrogens with one attached hydrogen (secondary N) is 1. The minimum atomic E-state index is -3.97. The molecule has 0 aromatic heterocycles. The van der Waals surface area contributed by atoms with Crippen LogP contribution in [0.15, 0.2) is 65.3 Å². The van der Waals surface area contributed by atoms with E-state index in [-0.39, 0.29) is 23.4 Å². The normalized spacial score (nSPS) is 34.5. The molecule has 0 radical (unpaired) electrons. The van der Waals surface area contributed by atoms with Gasteiger partial charge in [-0.3, -0.25) is 9.69 Å². The number of amides is 1. The van der Waals surface area contributed by atoms with Gasteiger partial charge in [-0.1, -0.05) is 43.3 Å². The number of benzene rings is 1. The molecule has 3 aliphatic heterocycles. The molecule has 292 valence electrons. The van der Waals surface area contributed by atoms with E-state index in [1.165, 1.54) is 0 Å². The minimum Gasteiger partial charge on any atom is -0.490 e. The highest BCUT2D eigenvalue weighted by molar-refractivity contribution is 7.90. The Kier molecular flexibility index (Phi) is 12.6. The first kappa shape index (κ1) is 40.0. The number of ether oxygens (including phenoxy) is 3. The third kappa shape index (κ3) is 8.47. The first-order valence-electron chi connectivity index (χ1n) is 19.7. The molecule has 1 amide bonds. The molecule has 3 fully saturated rings. The van der Waals surface area contributed by atoms with Crippen LogP contribution in [0, 0.1) is 23.2 Å². The third-order valence-corrected chi connectivity index (χ3v) is 15.2. The molecule has 0 unspecified atom stereocenters. The number of piperidine rings is 1. The first-order chi connectivity index (χ1) is 25.3. The van der Waals surface area contributed by atoms with Crippen LogP contribution in [0.4, 0.5) is 5.69 Å². The van der Waals surface area contributed by atoms with Crippen molar-refractivity contribution < 1.29 is 27.4 Å². The number of hydrogen-bond donors (Lipinski definition) is 1. The molecule has 9 nitrogen and oxygen atoms in total. The van der Waals surface area contributed by atoms with Crippen LogP contribution < -0.4 is 14.4 Å². The van der Waals surface area contributed by atoms with E-state index in [1.54, 1.807) is 20.1 Å². The Balaban J connectivity index is 1.43. The van der Waals surface area contributed by atoms with Crippen molar-refractivity contribution in [2.45, 2.75) is 96.0 Å². The Morgan fingerprint density at radius 1 is 1.19 bits per heavy atom. The van der Waals surface area contributed by atoms with Gasteiger partial charge >= 0.3 is 0 Å². The van der Waals surface area contributed by atoms with E-state index in [2.05, 4.69) is 40.2 Å². The number of rotatable bonds is 6. The lowest BCUT2D eigenvalue weighted by molar-refractivity contribution is -0.114. The van der Waals surface area contributed by atoms with Crippen molar-refractivity contribution in [3.8, 4) is 5.75 Å². The summed E-state index contributed by atoms with van der Waals surface area (Å²) in [5.41, 5.74) is 2.39. The molecule has 3 heterocycles. The van der Waals surface area contributed by atoms with E-state index in [1.807, 2.05) is 38.1 Å². The second-order valence-electron chi connectivity index (χ2n) is 16.1. The number of hydrogen-bond acceptors (Lipinski definition) is 8. The molecule has 1 aromatic carbocycles. The molecular weight excluding hydrogens is 710 g/mol. The first-order valence-corrected chi connectivity index (χ1v) is 21.6. The summed E-state index contributed by atoms with van der Waals surface area (Å²) in [6.45, 7) is 17.4. The van der Waals surface area contributed by atoms with Crippen LogP contribution in [0.1, 0.15) is 89.4 Å². The van der Waals surface area contributed by atoms with Gasteiger partial charge in [-0.25, -0.2) is 13.1 Å². The summed E-state index contributed by atoms with van der Waals surface area (Å²) in [7, 11) is -2.17. The predicted molar refractivity (Wildman–Crippen MR) is 213 cm³/mol. The number of methoxy groups -OCH3 is 1. The fourth-order valence-corrected chi connectivity index (χ4v) is 10.7. The quantitative estimate of drug-likeness (QED) is 0.295. The highest BCUT2D eigenvalue weighted by Crippen LogP contribution is 2.51. The zero-order chi connectivity index (χ0) is 38.0. The molecular formula is C42H60ClN3O6S. The van der Waals surface area contributed by atoms with Gasteiger partial charge in [0.15, 0.2) is 0 Å². The lowest BCUT2D eigenvalue weighted by Gasteiger charge is -2.52. The zero-order valence-corrected chi connectivity index (χ0v) is 33.9. The van der Waals surface area contributed by atoms with Gasteiger partial charge in [0.1, 0.15) is 11.4 Å². The van der Waals surface area contributed by atoms with Crippen LogP contribution in [0.5, 0.6) is 5.75 Å². The predicted octanol–water partition coefficient (Wildman–Crippen LogP) is 7.64. The molecule has 6 atom stereocenters. The Hall–Kier alpha value is -2.63. The summed E-state index contributed by atoms with van der Waals surface area (Å²) in [4.78, 5) is 18.6. The Bertz CT molecular complexity index is 1720. The van der Waals surface area contributed by atoms with E-state index in [4.69, 9.17) is 25.8 Å². The van der Waals surface area contributed by atoms with Crippen molar-refractivity contribution in [3.05, 3.63) is 70.8 Å². The minimum absolute atomic E-state index is 0.226. The average molecular weight is 770 g/mol. The molecule has 53 heavy (non-hydrogen) atoms. The number of sulfonamides is 1. The van der Waals surface area contributed by atoms with E-state index in [0.717, 1.165) is 88.0 Å². The third-order valence-electron chi connectivity index (χ3n) is 13.0. The number of carbonyl (C=O) groups is 1. The molecule has 6 rings (SSSR count). The van der Waals surface area contributed by atoms with Gasteiger partial charge < -0.3 is 19.1 Å². The van der Waals surface area contributed by atoms with Crippen molar-refractivity contribution in [2.24, 2.45) is 23.2 Å². The smallest absolute Gasteiger partial charge is 0.264 e. The van der Waals surface area contributed by atoms with Crippen molar-refractivity contribution in [1.29, 1.82) is 0 Å². The molecule has 1 spiro atoms. The molecule has 2 aliphatic carbocycles. The summed E-state index contributed by atoms with van der Waals surface area (Å²) < 4.78 is 48.9. The van der Waals surface area contributed by atoms with Crippen molar-refractivity contribution in [2.75, 3.05) is 57.9 Å². The van der Waals surface area contributed by atoms with Crippen LogP contribution in [0.3, 0.4) is 0 Å². The highest BCUT2D eigenvalue weighted by Gasteiger charge is 2.50. The van der Waals surface area contributed by atoms with Gasteiger partial charge in [-0.15, -0.1) is 0 Å². The van der Waals surface area contributed by atoms with Crippen LogP contribution in [0.25, 0.3) is 0 Å². The fraction of sp³-hybridized carbons (Fsp3) is 0.643. The summed E-state index contributed by atoms with van der Waals surface area (Å²) in [6.07, 6.45) is 16.1. The maximum absolute atomic E-state index is 13.7. The summed E-state index contributed by atoms with van der Waals surface area (Å²) in [5, 5.41) is -0.0920. The largest absolute Gasteiger partial charge is 0.490 e. The maximum atomic E-state index is 13.7. The van der Waals surface area contributed by atoms with E-state index < -0.39 is 26.8 Å². The Labute approximate surface area is 322 Å². The van der Waals surface area contributed by atoms with E-state index in [0.29, 0.717) is 48.4 Å². The Morgan fingerprint density at radius 2 is 1.96 bits per heavy atom. The number of allylic oxidation sites excluding steroid dienone is 5. The Morgan fingerprint density at radius 3 is 2.64 bits per heavy atom. The SMILES string of the molecule is C=C1/C(=C\C(Cl)=C/C)CCC[C@]12COc1ccc3cc1N(C[C@@H]1CC[C@H]1[C@@](CN1CCC(OC)CC1)(OCC)/C=C/C[C@H](C)[C@@H](C)S(=O)(=O)NC3=O)C2. The highest BCUT2D eigenvalue weighted by atomic mass is 35.5. The second kappa shape index (κ2) is 16.6. The van der Waals surface area contributed by atoms with Gasteiger partial charge in [-0.2, -0.15) is 0 Å². The van der Waals surface area contributed by atoms with Crippen LogP contribution in [-0.2, 0) is 19.5 Å². The molecule has 1 saturated heterocycles. The number of anilines is 1. The van der Waals surface area contributed by atoms with Crippen LogP contribution in [0.2, 0.25) is 0 Å². The number of carbonyl (C=O) groups excluding carboxylic acids is 1. The van der Waals surface area contributed by atoms with Crippen LogP contribution >= 0.6 is 11.6 Å². The summed E-state index contributed by atoms with van der Waals surface area (Å²) in [5.74, 6) is 0.396. The van der Waals surface area contributed by atoms with Crippen molar-refractivity contribution >= 4 is 33.2 Å². The molecule has 1 N–H and O–H groups in total. The van der Waals surface area contributed by atoms with Gasteiger partial charge in [0.25, 0.3) is 5.91 Å². The second-order valence-corrected chi connectivity index (χ2v) is 18.6. The topological polar surface area (TPSA) is 97.4 Å². The maximum Gasteiger partial charge on any atom is 0.264 e. The lowest BCUT2D eigenvalue weighted by Crippen LogP contribution is -2.58. The molecule has 2 saturated carbocycles. The molecule has 5 aliphatic rings. The number of likely N-dealkylation sites (tertiary alicyclic amines) is 1. The van der Waals surface area contributed by atoms with Gasteiger partial charge in [0.05, 0.1) is 23.6 Å². The van der Waals surface area contributed by atoms with Crippen molar-refractivity contribution in [3.63, 3.8) is 0 Å². The van der Waals surface area contributed by atoms with E-state index >= 15 is 0 Å². The standard InChI is InChI=1S/C42H60ClN3O6S/c1-7-35(43)23-32-12-10-19-41(30(32)4)26-46-25-34-13-15-37(34)42(52-8-2,27-45-21-17-36(50-6)18-22-45)20-9-11-29(3)31(5)53(48,49)44-40(47)33-14-16-39(51-28-41)38(46)24-33/h7,9,14,16,20,23-24,29,31,34,36-37H,4,8,10-13,15,17-19,21-22,25-28H2,1-3,5-6H3,(H,44,47)/b20-9+,32-23-,35-7+/t29-,31+,34-,37+,41-,42+/m0/s1. The van der Waals surface area contributed by atoms with Crippen molar-refractivity contribution in [1.82, 2.24) is 9.62 Å². The monoisotopic (exact) mass is 769 g/mol. The zero-order valence-electron chi connectivity index (χ0n) is 32.4. The number of nitrogens with zero attached hydrogens (tertiary/aromatic N) is 2. The lowest BCUT2D eigenvalue weighted by atomic mass is 9.63. The van der Waals surface area contributed by atoms with Gasteiger partial charge in [-0.05, 0) is 125 Å². The molecule has 2 bridgehead atoms. The molecule has 1 aromatic rings. The summed E-state index contributed by atoms with van der Waals surface area (Å²) in [6, 6.07) is 5.32. The van der Waals surface area contributed by atoms with Gasteiger partial charge in [0, 0.05) is 62.5 Å². The summed E-state index contributed by atoms with van der Waals surface area (Å²) >= 11 is 6.53. The number of halogens is 1. The molecule has 11 heteroatoms. The average Bonchev–Trinajstić information content (AvgIpc) is 3.28.